The normalized spacial score (nSPS) is 10.7. The molecule has 0 aliphatic rings. The lowest BCUT2D eigenvalue weighted by Gasteiger charge is -2.11. The van der Waals surface area contributed by atoms with E-state index in [1.54, 1.807) is 0 Å². The number of hydrogen-bond donors (Lipinski definition) is 2. The number of aromatic amines is 1. The van der Waals surface area contributed by atoms with E-state index in [9.17, 15) is 14.4 Å². The smallest absolute Gasteiger partial charge is 0.329 e. The molecule has 6 nitrogen and oxygen atoms in total. The summed E-state index contributed by atoms with van der Waals surface area (Å²) in [6.07, 6.45) is 0.664. The molecular formula is C15H16BrN3O3S. The topological polar surface area (TPSA) is 97.9 Å². The van der Waals surface area contributed by atoms with Crippen LogP contribution in [0.2, 0.25) is 0 Å². The van der Waals surface area contributed by atoms with E-state index >= 15 is 0 Å². The summed E-state index contributed by atoms with van der Waals surface area (Å²) in [4.78, 5) is 39.1. The highest BCUT2D eigenvalue weighted by Crippen LogP contribution is 2.21. The first-order valence-electron chi connectivity index (χ1n) is 6.98. The molecule has 23 heavy (non-hydrogen) atoms. The van der Waals surface area contributed by atoms with Crippen LogP contribution in [0.3, 0.4) is 0 Å². The highest BCUT2D eigenvalue weighted by atomic mass is 79.9. The van der Waals surface area contributed by atoms with Crippen LogP contribution in [0.4, 0.5) is 5.82 Å². The molecule has 0 radical (unpaired) electrons. The van der Waals surface area contributed by atoms with Crippen molar-refractivity contribution in [2.45, 2.75) is 24.8 Å². The second-order valence-corrected chi connectivity index (χ2v) is 6.80. The van der Waals surface area contributed by atoms with Crippen LogP contribution in [0.15, 0.2) is 43.2 Å². The van der Waals surface area contributed by atoms with Gasteiger partial charge in [-0.1, -0.05) is 22.9 Å². The number of halogens is 1. The number of hydrogen-bond acceptors (Lipinski definition) is 5. The Kier molecular flexibility index (Phi) is 5.84. The summed E-state index contributed by atoms with van der Waals surface area (Å²) in [5.74, 6) is -0.400. The third-order valence-corrected chi connectivity index (χ3v) is 4.69. The van der Waals surface area contributed by atoms with Crippen molar-refractivity contribution in [3.05, 3.63) is 55.1 Å². The Balaban J connectivity index is 2.25. The molecule has 0 spiro atoms. The molecule has 0 saturated carbocycles. The maximum atomic E-state index is 12.3. The number of thioether (sulfide) groups is 1. The van der Waals surface area contributed by atoms with Crippen molar-refractivity contribution in [2.75, 3.05) is 11.5 Å². The minimum atomic E-state index is -0.735. The summed E-state index contributed by atoms with van der Waals surface area (Å²) < 4.78 is 2.17. The van der Waals surface area contributed by atoms with Gasteiger partial charge in [-0.3, -0.25) is 19.1 Å². The van der Waals surface area contributed by atoms with Crippen molar-refractivity contribution in [3.8, 4) is 0 Å². The molecule has 0 saturated heterocycles. The summed E-state index contributed by atoms with van der Waals surface area (Å²) >= 11 is 4.65. The Labute approximate surface area is 145 Å². The van der Waals surface area contributed by atoms with Crippen LogP contribution in [0.5, 0.6) is 0 Å². The molecule has 8 heteroatoms. The van der Waals surface area contributed by atoms with Crippen LogP contribution < -0.4 is 17.0 Å². The Morgan fingerprint density at radius 1 is 1.30 bits per heavy atom. The molecule has 0 fully saturated rings. The van der Waals surface area contributed by atoms with Gasteiger partial charge >= 0.3 is 5.69 Å². The molecule has 1 aromatic heterocycles. The molecule has 2 rings (SSSR count). The van der Waals surface area contributed by atoms with E-state index in [4.69, 9.17) is 5.73 Å². The van der Waals surface area contributed by atoms with Crippen molar-refractivity contribution >= 4 is 39.3 Å². The second-order valence-electron chi connectivity index (χ2n) is 4.84. The van der Waals surface area contributed by atoms with Gasteiger partial charge in [-0.2, -0.15) is 0 Å². The minimum Gasteiger partial charge on any atom is -0.384 e. The SMILES string of the molecule is CCCn1c(N)c(C(=O)CSc2ccc(Br)cc2)c(=O)[nH]c1=O. The van der Waals surface area contributed by atoms with Gasteiger partial charge < -0.3 is 5.73 Å². The molecule has 3 N–H and O–H groups in total. The lowest BCUT2D eigenvalue weighted by molar-refractivity contribution is 0.102. The van der Waals surface area contributed by atoms with E-state index in [1.165, 1.54) is 16.3 Å². The van der Waals surface area contributed by atoms with Gasteiger partial charge in [0.1, 0.15) is 11.4 Å². The number of Topliss-reactive ketones (excluding diaryl/α,β-unsaturated/α-hetero) is 1. The monoisotopic (exact) mass is 397 g/mol. The number of rotatable bonds is 6. The first-order valence-corrected chi connectivity index (χ1v) is 8.76. The molecule has 0 amide bonds. The molecule has 0 aliphatic carbocycles. The second kappa shape index (κ2) is 7.65. The van der Waals surface area contributed by atoms with E-state index in [1.807, 2.05) is 31.2 Å². The predicted molar refractivity (Wildman–Crippen MR) is 95.2 cm³/mol. The Hall–Kier alpha value is -1.80. The van der Waals surface area contributed by atoms with E-state index in [-0.39, 0.29) is 17.1 Å². The van der Waals surface area contributed by atoms with Crippen LogP contribution in [0.1, 0.15) is 23.7 Å². The molecule has 0 bridgehead atoms. The van der Waals surface area contributed by atoms with Gasteiger partial charge in [0.15, 0.2) is 5.78 Å². The minimum absolute atomic E-state index is 0.0676. The average molecular weight is 398 g/mol. The molecule has 2 aromatic rings. The number of nitrogens with two attached hydrogens (primary N) is 1. The highest BCUT2D eigenvalue weighted by molar-refractivity contribution is 9.10. The van der Waals surface area contributed by atoms with Crippen LogP contribution in [-0.2, 0) is 6.54 Å². The van der Waals surface area contributed by atoms with Crippen LogP contribution in [-0.4, -0.2) is 21.1 Å². The zero-order chi connectivity index (χ0) is 17.0. The molecule has 0 atom stereocenters. The summed E-state index contributed by atoms with van der Waals surface area (Å²) in [7, 11) is 0. The first-order chi connectivity index (χ1) is 10.9. The lowest BCUT2D eigenvalue weighted by Crippen LogP contribution is -2.36. The van der Waals surface area contributed by atoms with Crippen molar-refractivity contribution < 1.29 is 4.79 Å². The summed E-state index contributed by atoms with van der Waals surface area (Å²) in [5.41, 5.74) is 4.39. The van der Waals surface area contributed by atoms with E-state index in [2.05, 4.69) is 20.9 Å². The number of H-pyrrole nitrogens is 1. The molecule has 1 heterocycles. The van der Waals surface area contributed by atoms with E-state index in [0.29, 0.717) is 13.0 Å². The maximum absolute atomic E-state index is 12.3. The Bertz CT molecular complexity index is 827. The first kappa shape index (κ1) is 17.6. The number of nitrogens with one attached hydrogen (secondary N) is 1. The van der Waals surface area contributed by atoms with Gasteiger partial charge in [-0.05, 0) is 30.7 Å². The van der Waals surface area contributed by atoms with E-state index in [0.717, 1.165) is 9.37 Å². The Morgan fingerprint density at radius 3 is 2.57 bits per heavy atom. The predicted octanol–water partition coefficient (Wildman–Crippen LogP) is 2.27. The van der Waals surface area contributed by atoms with Crippen LogP contribution >= 0.6 is 27.7 Å². The quantitative estimate of drug-likeness (QED) is 0.575. The number of carbonyl (C=O) groups excluding carboxylic acids is 1. The molecule has 1 aromatic carbocycles. The fourth-order valence-corrected chi connectivity index (χ4v) is 3.09. The number of nitrogens with zero attached hydrogens (tertiary/aromatic N) is 1. The molecule has 122 valence electrons. The van der Waals surface area contributed by atoms with Crippen LogP contribution in [0, 0.1) is 0 Å². The van der Waals surface area contributed by atoms with Gasteiger partial charge in [0, 0.05) is 15.9 Å². The Morgan fingerprint density at radius 2 is 1.96 bits per heavy atom. The maximum Gasteiger partial charge on any atom is 0.329 e. The fourth-order valence-electron chi connectivity index (χ4n) is 2.05. The zero-order valence-corrected chi connectivity index (χ0v) is 14.9. The largest absolute Gasteiger partial charge is 0.384 e. The van der Waals surface area contributed by atoms with Crippen molar-refractivity contribution in [2.24, 2.45) is 0 Å². The number of anilines is 1. The molecular weight excluding hydrogens is 382 g/mol. The molecule has 0 unspecified atom stereocenters. The van der Waals surface area contributed by atoms with Crippen molar-refractivity contribution in [1.82, 2.24) is 9.55 Å². The number of benzene rings is 1. The van der Waals surface area contributed by atoms with Crippen molar-refractivity contribution in [3.63, 3.8) is 0 Å². The zero-order valence-electron chi connectivity index (χ0n) is 12.5. The van der Waals surface area contributed by atoms with Gasteiger partial charge in [-0.25, -0.2) is 4.79 Å². The number of nitrogen functional groups attached to an aromatic ring is 1. The number of ketones is 1. The third kappa shape index (κ3) is 4.14. The van der Waals surface area contributed by atoms with Gasteiger partial charge in [0.2, 0.25) is 0 Å². The number of aromatic nitrogens is 2. The van der Waals surface area contributed by atoms with Crippen LogP contribution in [0.25, 0.3) is 0 Å². The fraction of sp³-hybridized carbons (Fsp3) is 0.267. The molecule has 0 aliphatic heterocycles. The van der Waals surface area contributed by atoms with Crippen molar-refractivity contribution in [1.29, 1.82) is 0 Å². The van der Waals surface area contributed by atoms with Gasteiger partial charge in [-0.15, -0.1) is 11.8 Å². The van der Waals surface area contributed by atoms with Gasteiger partial charge in [0.05, 0.1) is 5.75 Å². The van der Waals surface area contributed by atoms with E-state index < -0.39 is 17.0 Å². The highest BCUT2D eigenvalue weighted by Gasteiger charge is 2.19. The van der Waals surface area contributed by atoms with Gasteiger partial charge in [0.25, 0.3) is 5.56 Å². The standard InChI is InChI=1S/C15H16BrN3O3S/c1-2-7-19-13(17)12(14(21)18-15(19)22)11(20)8-23-10-5-3-9(16)4-6-10/h3-6H,2,7-8,17H2,1H3,(H,18,21,22). The summed E-state index contributed by atoms with van der Waals surface area (Å²) in [5, 5.41) is 0. The summed E-state index contributed by atoms with van der Waals surface area (Å²) in [6, 6.07) is 7.48. The summed E-state index contributed by atoms with van der Waals surface area (Å²) in [6.45, 7) is 2.23. The third-order valence-electron chi connectivity index (χ3n) is 3.15. The average Bonchev–Trinajstić information content (AvgIpc) is 2.50. The number of carbonyl (C=O) groups is 1. The lowest BCUT2D eigenvalue weighted by atomic mass is 10.2.